The molecule has 1 heterocycles. The minimum Gasteiger partial charge on any atom is -0.390 e. The number of thioether (sulfide) groups is 1. The van der Waals surface area contributed by atoms with Crippen LogP contribution in [0, 0.1) is 0 Å². The van der Waals surface area contributed by atoms with E-state index < -0.39 is 6.10 Å². The summed E-state index contributed by atoms with van der Waals surface area (Å²) in [5.74, 6) is 0.582. The first-order valence-corrected chi connectivity index (χ1v) is 6.45. The van der Waals surface area contributed by atoms with E-state index in [2.05, 4.69) is 17.0 Å². The largest absolute Gasteiger partial charge is 0.390 e. The van der Waals surface area contributed by atoms with Gasteiger partial charge in [-0.05, 0) is 6.42 Å². The van der Waals surface area contributed by atoms with Gasteiger partial charge in [-0.1, -0.05) is 25.1 Å². The normalized spacial score (nSPS) is 12.9. The third kappa shape index (κ3) is 4.96. The van der Waals surface area contributed by atoms with E-state index in [4.69, 9.17) is 4.74 Å². The van der Waals surface area contributed by atoms with Gasteiger partial charge < -0.3 is 9.84 Å². The molecule has 0 aliphatic rings. The van der Waals surface area contributed by atoms with Crippen molar-refractivity contribution in [2.45, 2.75) is 31.0 Å². The average molecular weight is 245 g/mol. The molecule has 1 rings (SSSR count). The van der Waals surface area contributed by atoms with Gasteiger partial charge in [-0.3, -0.25) is 0 Å². The van der Waals surface area contributed by atoms with E-state index in [1.807, 2.05) is 7.05 Å². The maximum absolute atomic E-state index is 9.63. The lowest BCUT2D eigenvalue weighted by molar-refractivity contribution is 0.0473. The molecular weight excluding hydrogens is 226 g/mol. The number of ether oxygens (including phenoxy) is 1. The molecule has 0 amide bonds. The van der Waals surface area contributed by atoms with Gasteiger partial charge in [-0.15, -0.1) is 0 Å². The lowest BCUT2D eigenvalue weighted by Crippen LogP contribution is -2.18. The fraction of sp³-hybridized carbons (Fsp3) is 0.800. The molecule has 0 bridgehead atoms. The van der Waals surface area contributed by atoms with E-state index in [9.17, 15) is 5.11 Å². The van der Waals surface area contributed by atoms with Gasteiger partial charge in [0.2, 0.25) is 0 Å². The van der Waals surface area contributed by atoms with Crippen molar-refractivity contribution in [3.05, 3.63) is 6.33 Å². The highest BCUT2D eigenvalue weighted by Gasteiger charge is 2.08. The maximum atomic E-state index is 9.63. The summed E-state index contributed by atoms with van der Waals surface area (Å²) in [7, 11) is 1.83. The molecule has 1 unspecified atom stereocenters. The van der Waals surface area contributed by atoms with Crippen LogP contribution in [-0.4, -0.2) is 44.9 Å². The van der Waals surface area contributed by atoms with Crippen molar-refractivity contribution in [2.75, 3.05) is 19.0 Å². The number of aryl methyl sites for hydroxylation is 1. The number of hydrogen-bond donors (Lipinski definition) is 1. The highest BCUT2D eigenvalue weighted by atomic mass is 32.2. The molecule has 1 N–H and O–H groups in total. The molecule has 0 spiro atoms. The molecule has 1 aromatic rings. The monoisotopic (exact) mass is 245 g/mol. The Morgan fingerprint density at radius 1 is 1.62 bits per heavy atom. The van der Waals surface area contributed by atoms with E-state index >= 15 is 0 Å². The number of hydrogen-bond acceptors (Lipinski definition) is 5. The van der Waals surface area contributed by atoms with Crippen LogP contribution in [0.1, 0.15) is 19.8 Å². The predicted octanol–water partition coefficient (Wildman–Crippen LogP) is 1.08. The number of aliphatic hydroxyl groups is 1. The Kier molecular flexibility index (Phi) is 6.44. The Balaban J connectivity index is 2.10. The average Bonchev–Trinajstić information content (AvgIpc) is 2.67. The quantitative estimate of drug-likeness (QED) is 0.548. The van der Waals surface area contributed by atoms with Gasteiger partial charge in [0.1, 0.15) is 6.33 Å². The lowest BCUT2D eigenvalue weighted by atomic mass is 10.3. The molecule has 0 aliphatic carbocycles. The summed E-state index contributed by atoms with van der Waals surface area (Å²) in [6.07, 6.45) is 3.22. The van der Waals surface area contributed by atoms with E-state index in [1.54, 1.807) is 4.68 Å². The molecular formula is C10H19N3O2S. The molecule has 1 aromatic heterocycles. The van der Waals surface area contributed by atoms with Gasteiger partial charge in [0.15, 0.2) is 5.16 Å². The molecule has 0 aromatic carbocycles. The van der Waals surface area contributed by atoms with Crippen LogP contribution in [0.25, 0.3) is 0 Å². The van der Waals surface area contributed by atoms with Crippen molar-refractivity contribution in [3.63, 3.8) is 0 Å². The van der Waals surface area contributed by atoms with Crippen LogP contribution in [0.5, 0.6) is 0 Å². The zero-order valence-electron chi connectivity index (χ0n) is 9.80. The maximum Gasteiger partial charge on any atom is 0.185 e. The number of rotatable bonds is 8. The lowest BCUT2D eigenvalue weighted by Gasteiger charge is -2.10. The molecule has 1 atom stereocenters. The third-order valence-corrected chi connectivity index (χ3v) is 3.21. The van der Waals surface area contributed by atoms with Crippen LogP contribution in [0.4, 0.5) is 0 Å². The van der Waals surface area contributed by atoms with Gasteiger partial charge in [0.05, 0.1) is 12.7 Å². The molecule has 0 fully saturated rings. The Labute approximate surface area is 100 Å². The Hall–Kier alpha value is -0.590. The number of aromatic nitrogens is 3. The second-order valence-corrected chi connectivity index (χ2v) is 4.55. The number of nitrogens with zero attached hydrogens (tertiary/aromatic N) is 3. The van der Waals surface area contributed by atoms with Crippen molar-refractivity contribution in [2.24, 2.45) is 7.05 Å². The predicted molar refractivity (Wildman–Crippen MR) is 63.5 cm³/mol. The van der Waals surface area contributed by atoms with Crippen LogP contribution in [0.15, 0.2) is 11.5 Å². The summed E-state index contributed by atoms with van der Waals surface area (Å²) in [6.45, 7) is 3.23. The van der Waals surface area contributed by atoms with Gasteiger partial charge >= 0.3 is 0 Å². The summed E-state index contributed by atoms with van der Waals surface area (Å²) in [5, 5.41) is 14.4. The second kappa shape index (κ2) is 7.65. The van der Waals surface area contributed by atoms with Crippen LogP contribution in [-0.2, 0) is 11.8 Å². The smallest absolute Gasteiger partial charge is 0.185 e. The van der Waals surface area contributed by atoms with Crippen molar-refractivity contribution >= 4 is 11.8 Å². The summed E-state index contributed by atoms with van der Waals surface area (Å²) < 4.78 is 7.02. The molecule has 5 nitrogen and oxygen atoms in total. The minimum absolute atomic E-state index is 0.394. The van der Waals surface area contributed by atoms with Crippen LogP contribution < -0.4 is 0 Å². The zero-order chi connectivity index (χ0) is 11.8. The van der Waals surface area contributed by atoms with Gasteiger partial charge in [0.25, 0.3) is 0 Å². The molecule has 0 saturated heterocycles. The third-order valence-electron chi connectivity index (χ3n) is 2.03. The molecule has 16 heavy (non-hydrogen) atoms. The highest BCUT2D eigenvalue weighted by Crippen LogP contribution is 2.14. The zero-order valence-corrected chi connectivity index (χ0v) is 10.6. The fourth-order valence-electron chi connectivity index (χ4n) is 1.10. The first-order chi connectivity index (χ1) is 7.74. The van der Waals surface area contributed by atoms with Crippen LogP contribution in [0.3, 0.4) is 0 Å². The van der Waals surface area contributed by atoms with Crippen molar-refractivity contribution < 1.29 is 9.84 Å². The molecule has 0 radical (unpaired) electrons. The van der Waals surface area contributed by atoms with Gasteiger partial charge in [-0.25, -0.2) is 9.67 Å². The topological polar surface area (TPSA) is 60.2 Å². The summed E-state index contributed by atoms with van der Waals surface area (Å²) in [4.78, 5) is 4.06. The molecule has 92 valence electrons. The summed E-state index contributed by atoms with van der Waals surface area (Å²) >= 11 is 1.48. The van der Waals surface area contributed by atoms with Crippen molar-refractivity contribution in [3.8, 4) is 0 Å². The Morgan fingerprint density at radius 3 is 3.06 bits per heavy atom. The SMILES string of the molecule is CCCCOCC(O)CSc1ncnn1C. The molecule has 0 aliphatic heterocycles. The van der Waals surface area contributed by atoms with E-state index in [1.165, 1.54) is 18.1 Å². The number of unbranched alkanes of at least 4 members (excludes halogenated alkanes) is 1. The number of aliphatic hydroxyl groups excluding tert-OH is 1. The van der Waals surface area contributed by atoms with Crippen LogP contribution in [0.2, 0.25) is 0 Å². The fourth-order valence-corrected chi connectivity index (χ4v) is 1.89. The Bertz CT molecular complexity index is 293. The van der Waals surface area contributed by atoms with Gasteiger partial charge in [-0.2, -0.15) is 5.10 Å². The molecule has 0 saturated carbocycles. The summed E-state index contributed by atoms with van der Waals surface area (Å²) in [6, 6.07) is 0. The van der Waals surface area contributed by atoms with E-state index in [0.717, 1.165) is 24.6 Å². The van der Waals surface area contributed by atoms with Gasteiger partial charge in [0, 0.05) is 19.4 Å². The van der Waals surface area contributed by atoms with E-state index in [-0.39, 0.29) is 0 Å². The first-order valence-electron chi connectivity index (χ1n) is 5.46. The van der Waals surface area contributed by atoms with Crippen molar-refractivity contribution in [1.82, 2.24) is 14.8 Å². The highest BCUT2D eigenvalue weighted by molar-refractivity contribution is 7.99. The standard InChI is InChI=1S/C10H19N3O2S/c1-3-4-5-15-6-9(14)7-16-10-11-8-12-13(10)2/h8-9,14H,3-7H2,1-2H3. The second-order valence-electron chi connectivity index (χ2n) is 3.56. The van der Waals surface area contributed by atoms with Crippen molar-refractivity contribution in [1.29, 1.82) is 0 Å². The first kappa shape index (κ1) is 13.5. The summed E-state index contributed by atoms with van der Waals surface area (Å²) in [5.41, 5.74) is 0. The van der Waals surface area contributed by atoms with E-state index in [0.29, 0.717) is 12.4 Å². The van der Waals surface area contributed by atoms with Crippen LogP contribution >= 0.6 is 11.8 Å². The Morgan fingerprint density at radius 2 is 2.44 bits per heavy atom. The minimum atomic E-state index is -0.446. The molecule has 6 heteroatoms.